The zero-order valence-electron chi connectivity index (χ0n) is 15.5. The zero-order valence-corrected chi connectivity index (χ0v) is 15.5. The maximum atomic E-state index is 4.57. The quantitative estimate of drug-likeness (QED) is 0.150. The van der Waals surface area contributed by atoms with Crippen molar-refractivity contribution in [3.63, 3.8) is 0 Å². The highest BCUT2D eigenvalue weighted by Crippen LogP contribution is 2.12. The second-order valence-electron chi connectivity index (χ2n) is 6.34. The Balaban J connectivity index is 3.12. The van der Waals surface area contributed by atoms with Crippen LogP contribution < -0.4 is 0 Å². The largest absolute Gasteiger partial charge is 0.498 e. The monoisotopic (exact) mass is 319 g/mol. The van der Waals surface area contributed by atoms with Crippen LogP contribution in [0, 0.1) is 7.11 Å². The van der Waals surface area contributed by atoms with Crippen molar-refractivity contribution in [2.24, 2.45) is 0 Å². The Labute approximate surface area is 145 Å². The molecular formula is C22H39O. The SMILES string of the molecule is [CH2]O/C=C/C=C/C=C/CCCCCCCCCCCCCCC. The molecule has 133 valence electrons. The Bertz CT molecular complexity index is 288. The lowest BCUT2D eigenvalue weighted by atomic mass is 10.0. The highest BCUT2D eigenvalue weighted by molar-refractivity contribution is 5.09. The number of rotatable bonds is 17. The van der Waals surface area contributed by atoms with Crippen LogP contribution in [0.2, 0.25) is 0 Å². The molecule has 0 heterocycles. The molecule has 0 spiro atoms. The lowest BCUT2D eigenvalue weighted by Crippen LogP contribution is -1.82. The highest BCUT2D eigenvalue weighted by Gasteiger charge is 1.93. The van der Waals surface area contributed by atoms with E-state index in [0.717, 1.165) is 0 Å². The second kappa shape index (κ2) is 21.0. The predicted molar refractivity (Wildman–Crippen MR) is 104 cm³/mol. The van der Waals surface area contributed by atoms with Gasteiger partial charge in [0.1, 0.15) is 7.11 Å². The van der Waals surface area contributed by atoms with E-state index in [1.807, 2.05) is 18.2 Å². The number of hydrogen-bond acceptors (Lipinski definition) is 1. The Morgan fingerprint density at radius 1 is 0.609 bits per heavy atom. The first-order valence-electron chi connectivity index (χ1n) is 9.81. The van der Waals surface area contributed by atoms with Crippen molar-refractivity contribution in [3.05, 3.63) is 43.8 Å². The summed E-state index contributed by atoms with van der Waals surface area (Å²) in [5.41, 5.74) is 0. The molecule has 1 radical (unpaired) electrons. The van der Waals surface area contributed by atoms with Crippen molar-refractivity contribution < 1.29 is 4.74 Å². The molecule has 0 atom stereocenters. The lowest BCUT2D eigenvalue weighted by molar-refractivity contribution is 0.394. The van der Waals surface area contributed by atoms with E-state index in [-0.39, 0.29) is 0 Å². The summed E-state index contributed by atoms with van der Waals surface area (Å²) < 4.78 is 4.57. The van der Waals surface area contributed by atoms with Gasteiger partial charge in [0.15, 0.2) is 0 Å². The number of unbranched alkanes of at least 4 members (excludes halogenated alkanes) is 13. The minimum atomic E-state index is 1.19. The summed E-state index contributed by atoms with van der Waals surface area (Å²) in [5.74, 6) is 0. The summed E-state index contributed by atoms with van der Waals surface area (Å²) in [6, 6.07) is 0. The van der Waals surface area contributed by atoms with E-state index in [2.05, 4.69) is 30.9 Å². The van der Waals surface area contributed by atoms with Crippen molar-refractivity contribution in [1.82, 2.24) is 0 Å². The molecule has 0 amide bonds. The van der Waals surface area contributed by atoms with E-state index in [4.69, 9.17) is 0 Å². The maximum absolute atomic E-state index is 4.57. The lowest BCUT2D eigenvalue weighted by Gasteiger charge is -2.02. The van der Waals surface area contributed by atoms with Gasteiger partial charge in [0.2, 0.25) is 0 Å². The molecule has 1 nitrogen and oxygen atoms in total. The Hall–Kier alpha value is -0.980. The Morgan fingerprint density at radius 3 is 1.61 bits per heavy atom. The second-order valence-corrected chi connectivity index (χ2v) is 6.34. The molecular weight excluding hydrogens is 280 g/mol. The number of ether oxygens (including phenoxy) is 1. The van der Waals surface area contributed by atoms with Crippen molar-refractivity contribution in [3.8, 4) is 0 Å². The molecule has 0 unspecified atom stereocenters. The average Bonchev–Trinajstić information content (AvgIpc) is 2.57. The van der Waals surface area contributed by atoms with E-state index in [0.29, 0.717) is 0 Å². The van der Waals surface area contributed by atoms with E-state index in [1.165, 1.54) is 89.9 Å². The molecule has 1 heteroatoms. The first-order chi connectivity index (χ1) is 11.4. The first-order valence-corrected chi connectivity index (χ1v) is 9.81. The van der Waals surface area contributed by atoms with Gasteiger partial charge < -0.3 is 4.74 Å². The summed E-state index contributed by atoms with van der Waals surface area (Å²) in [4.78, 5) is 0. The van der Waals surface area contributed by atoms with Gasteiger partial charge in [-0.2, -0.15) is 0 Å². The van der Waals surface area contributed by atoms with Crippen LogP contribution in [0.5, 0.6) is 0 Å². The van der Waals surface area contributed by atoms with Crippen molar-refractivity contribution in [1.29, 1.82) is 0 Å². The third kappa shape index (κ3) is 21.0. The van der Waals surface area contributed by atoms with Crippen LogP contribution in [0.1, 0.15) is 96.8 Å². The molecule has 0 bridgehead atoms. The highest BCUT2D eigenvalue weighted by atomic mass is 16.5. The van der Waals surface area contributed by atoms with E-state index in [9.17, 15) is 0 Å². The summed E-state index contributed by atoms with van der Waals surface area (Å²) in [6.07, 6.45) is 31.4. The van der Waals surface area contributed by atoms with Gasteiger partial charge in [-0.25, -0.2) is 0 Å². The summed E-state index contributed by atoms with van der Waals surface area (Å²) >= 11 is 0. The third-order valence-electron chi connectivity index (χ3n) is 4.12. The Morgan fingerprint density at radius 2 is 1.09 bits per heavy atom. The van der Waals surface area contributed by atoms with Gasteiger partial charge in [-0.15, -0.1) is 0 Å². The van der Waals surface area contributed by atoms with E-state index in [1.54, 1.807) is 6.26 Å². The summed E-state index contributed by atoms with van der Waals surface area (Å²) in [6.45, 7) is 2.29. The van der Waals surface area contributed by atoms with Crippen molar-refractivity contribution in [2.45, 2.75) is 96.8 Å². The van der Waals surface area contributed by atoms with Crippen LogP contribution in [0.4, 0.5) is 0 Å². The van der Waals surface area contributed by atoms with Crippen LogP contribution >= 0.6 is 0 Å². The molecule has 0 saturated carbocycles. The molecule has 0 aliphatic carbocycles. The van der Waals surface area contributed by atoms with Gasteiger partial charge in [-0.3, -0.25) is 0 Å². The molecule has 0 aromatic carbocycles. The molecule has 0 rings (SSSR count). The summed E-state index contributed by atoms with van der Waals surface area (Å²) in [5, 5.41) is 0. The van der Waals surface area contributed by atoms with Crippen LogP contribution in [-0.2, 0) is 4.74 Å². The van der Waals surface area contributed by atoms with E-state index < -0.39 is 0 Å². The van der Waals surface area contributed by atoms with Crippen LogP contribution in [0.25, 0.3) is 0 Å². The molecule has 0 aliphatic heterocycles. The van der Waals surface area contributed by atoms with Crippen molar-refractivity contribution in [2.75, 3.05) is 0 Å². The van der Waals surface area contributed by atoms with Gasteiger partial charge in [0, 0.05) is 0 Å². The smallest absolute Gasteiger partial charge is 0.121 e. The number of allylic oxidation sites excluding steroid dienone is 5. The normalized spacial score (nSPS) is 12.1. The number of hydrogen-bond donors (Lipinski definition) is 0. The van der Waals surface area contributed by atoms with Gasteiger partial charge >= 0.3 is 0 Å². The zero-order chi connectivity index (χ0) is 16.8. The maximum Gasteiger partial charge on any atom is 0.121 e. The van der Waals surface area contributed by atoms with Crippen LogP contribution in [-0.4, -0.2) is 0 Å². The van der Waals surface area contributed by atoms with Gasteiger partial charge in [0.05, 0.1) is 6.26 Å². The van der Waals surface area contributed by atoms with Gasteiger partial charge in [-0.1, -0.05) is 108 Å². The molecule has 23 heavy (non-hydrogen) atoms. The molecule has 0 saturated heterocycles. The third-order valence-corrected chi connectivity index (χ3v) is 4.12. The van der Waals surface area contributed by atoms with E-state index >= 15 is 0 Å². The van der Waals surface area contributed by atoms with Crippen LogP contribution in [0.15, 0.2) is 36.6 Å². The topological polar surface area (TPSA) is 9.23 Å². The predicted octanol–water partition coefficient (Wildman–Crippen LogP) is 7.90. The average molecular weight is 320 g/mol. The van der Waals surface area contributed by atoms with Gasteiger partial charge in [0.25, 0.3) is 0 Å². The molecule has 0 aromatic heterocycles. The fraction of sp³-hybridized carbons (Fsp3) is 0.682. The summed E-state index contributed by atoms with van der Waals surface area (Å²) in [7, 11) is 3.26. The molecule has 0 N–H and O–H groups in total. The minimum absolute atomic E-state index is 1.19. The molecule has 0 aliphatic rings. The molecule has 0 aromatic rings. The fourth-order valence-electron chi connectivity index (χ4n) is 2.68. The van der Waals surface area contributed by atoms with Gasteiger partial charge in [-0.05, 0) is 18.9 Å². The van der Waals surface area contributed by atoms with Crippen molar-refractivity contribution >= 4 is 0 Å². The van der Waals surface area contributed by atoms with Crippen LogP contribution in [0.3, 0.4) is 0 Å². The standard InChI is InChI=1S/C22H39O/c1-3-4-5-6-7-8-9-10-11-12-13-14-15-16-17-18-19-20-21-22-23-2/h17-22H,2-16H2,1H3/b18-17+,20-19+,22-21+. The minimum Gasteiger partial charge on any atom is -0.498 e. The first kappa shape index (κ1) is 22.0. The Kier molecular flexibility index (Phi) is 20.1. The molecule has 0 fully saturated rings. The fourth-order valence-corrected chi connectivity index (χ4v) is 2.68.